The Morgan fingerprint density at radius 1 is 1.24 bits per heavy atom. The molecule has 1 N–H and O–H groups in total. The number of nitrogens with one attached hydrogen (secondary N) is 1. The van der Waals surface area contributed by atoms with Gasteiger partial charge in [-0.1, -0.05) is 0 Å². The van der Waals surface area contributed by atoms with E-state index in [-0.39, 0.29) is 0 Å². The van der Waals surface area contributed by atoms with Crippen LogP contribution in [0.2, 0.25) is 0 Å². The quantitative estimate of drug-likeness (QED) is 0.908. The van der Waals surface area contributed by atoms with Crippen LogP contribution in [0.1, 0.15) is 24.6 Å². The highest BCUT2D eigenvalue weighted by molar-refractivity contribution is 9.10. The van der Waals surface area contributed by atoms with Crippen molar-refractivity contribution in [3.63, 3.8) is 0 Å². The van der Waals surface area contributed by atoms with E-state index >= 15 is 0 Å². The van der Waals surface area contributed by atoms with Crippen molar-refractivity contribution >= 4 is 27.8 Å². The summed E-state index contributed by atoms with van der Waals surface area (Å²) < 4.78 is 0.902. The standard InChI is InChI=1S/C13H18BrN7/c1-20(2)13-17-11(18-19-13)9-3-5-21(6-4-9)12-15-7-10(14)8-16-12/h7-9H,3-6H2,1-2H3,(H,17,18,19). The van der Waals surface area contributed by atoms with Crippen molar-refractivity contribution < 1.29 is 0 Å². The zero-order valence-electron chi connectivity index (χ0n) is 12.1. The smallest absolute Gasteiger partial charge is 0.244 e. The Morgan fingerprint density at radius 2 is 1.90 bits per heavy atom. The van der Waals surface area contributed by atoms with Crippen LogP contribution in [-0.2, 0) is 0 Å². The number of piperidine rings is 1. The highest BCUT2D eigenvalue weighted by Crippen LogP contribution is 2.27. The summed E-state index contributed by atoms with van der Waals surface area (Å²) in [7, 11) is 3.89. The molecule has 2 aromatic rings. The first-order chi connectivity index (χ1) is 10.1. The number of anilines is 2. The van der Waals surface area contributed by atoms with Gasteiger partial charge in [-0.05, 0) is 28.8 Å². The lowest BCUT2D eigenvalue weighted by Gasteiger charge is -2.30. The second-order valence-corrected chi connectivity index (χ2v) is 6.29. The molecule has 7 nitrogen and oxygen atoms in total. The minimum absolute atomic E-state index is 0.429. The van der Waals surface area contributed by atoms with Crippen molar-refractivity contribution in [2.75, 3.05) is 37.0 Å². The summed E-state index contributed by atoms with van der Waals surface area (Å²) in [6.07, 6.45) is 5.63. The molecule has 1 aliphatic heterocycles. The fourth-order valence-corrected chi connectivity index (χ4v) is 2.67. The second kappa shape index (κ2) is 5.97. The van der Waals surface area contributed by atoms with Gasteiger partial charge in [-0.3, -0.25) is 5.10 Å². The first kappa shape index (κ1) is 14.2. The zero-order chi connectivity index (χ0) is 14.8. The SMILES string of the molecule is CN(C)c1n[nH]c(C2CCN(c3ncc(Br)cn3)CC2)n1. The number of rotatable bonds is 3. The minimum atomic E-state index is 0.429. The average molecular weight is 352 g/mol. The van der Waals surface area contributed by atoms with Crippen molar-refractivity contribution in [3.8, 4) is 0 Å². The maximum atomic E-state index is 4.55. The van der Waals surface area contributed by atoms with Crippen LogP contribution in [0.5, 0.6) is 0 Å². The molecular weight excluding hydrogens is 334 g/mol. The Hall–Kier alpha value is -1.70. The molecule has 0 aliphatic carbocycles. The van der Waals surface area contributed by atoms with Gasteiger partial charge in [0.1, 0.15) is 5.82 Å². The molecule has 0 radical (unpaired) electrons. The molecule has 0 aromatic carbocycles. The first-order valence-corrected chi connectivity index (χ1v) is 7.75. The maximum absolute atomic E-state index is 4.55. The third kappa shape index (κ3) is 3.15. The highest BCUT2D eigenvalue weighted by Gasteiger charge is 2.24. The molecule has 3 heterocycles. The molecule has 0 spiro atoms. The summed E-state index contributed by atoms with van der Waals surface area (Å²) in [5.74, 6) is 2.94. The van der Waals surface area contributed by atoms with E-state index in [9.17, 15) is 0 Å². The van der Waals surface area contributed by atoms with E-state index in [1.165, 1.54) is 0 Å². The third-order valence-electron chi connectivity index (χ3n) is 3.66. The fourth-order valence-electron chi connectivity index (χ4n) is 2.47. The summed E-state index contributed by atoms with van der Waals surface area (Å²) in [4.78, 5) is 17.4. The molecule has 2 aromatic heterocycles. The van der Waals surface area contributed by atoms with Crippen molar-refractivity contribution in [2.24, 2.45) is 0 Å². The predicted octanol–water partition coefficient (Wildman–Crippen LogP) is 1.81. The molecule has 21 heavy (non-hydrogen) atoms. The number of aromatic amines is 1. The first-order valence-electron chi connectivity index (χ1n) is 6.95. The number of H-pyrrole nitrogens is 1. The Balaban J connectivity index is 1.63. The Labute approximate surface area is 131 Å². The van der Waals surface area contributed by atoms with E-state index in [1.807, 2.05) is 19.0 Å². The van der Waals surface area contributed by atoms with E-state index in [2.05, 4.69) is 46.0 Å². The van der Waals surface area contributed by atoms with E-state index in [4.69, 9.17) is 0 Å². The molecule has 0 atom stereocenters. The Bertz CT molecular complexity index is 587. The molecule has 1 saturated heterocycles. The Morgan fingerprint density at radius 3 is 2.48 bits per heavy atom. The summed E-state index contributed by atoms with van der Waals surface area (Å²) in [6, 6.07) is 0. The van der Waals surface area contributed by atoms with E-state index < -0.39 is 0 Å². The lowest BCUT2D eigenvalue weighted by Crippen LogP contribution is -2.34. The fraction of sp³-hybridized carbons (Fsp3) is 0.538. The van der Waals surface area contributed by atoms with Crippen molar-refractivity contribution in [1.29, 1.82) is 0 Å². The van der Waals surface area contributed by atoms with Gasteiger partial charge in [0.05, 0.1) is 4.47 Å². The van der Waals surface area contributed by atoms with Crippen molar-refractivity contribution in [2.45, 2.75) is 18.8 Å². The van der Waals surface area contributed by atoms with Crippen LogP contribution < -0.4 is 9.80 Å². The number of aromatic nitrogens is 5. The van der Waals surface area contributed by atoms with Gasteiger partial charge in [0.25, 0.3) is 0 Å². The zero-order valence-corrected chi connectivity index (χ0v) is 13.7. The summed E-state index contributed by atoms with van der Waals surface area (Å²) in [5.41, 5.74) is 0. The van der Waals surface area contributed by atoms with Crippen LogP contribution >= 0.6 is 15.9 Å². The van der Waals surface area contributed by atoms with Gasteiger partial charge in [0.15, 0.2) is 0 Å². The minimum Gasteiger partial charge on any atom is -0.346 e. The van der Waals surface area contributed by atoms with Gasteiger partial charge in [-0.15, -0.1) is 5.10 Å². The van der Waals surface area contributed by atoms with Gasteiger partial charge in [-0.25, -0.2) is 9.97 Å². The Kier molecular flexibility index (Phi) is 4.05. The lowest BCUT2D eigenvalue weighted by molar-refractivity contribution is 0.481. The molecule has 3 rings (SSSR count). The summed E-state index contributed by atoms with van der Waals surface area (Å²) in [5, 5.41) is 7.28. The lowest BCUT2D eigenvalue weighted by atomic mass is 9.96. The summed E-state index contributed by atoms with van der Waals surface area (Å²) in [6.45, 7) is 1.87. The molecule has 8 heteroatoms. The molecule has 0 unspecified atom stereocenters. The van der Waals surface area contributed by atoms with Crippen LogP contribution in [0, 0.1) is 0 Å². The van der Waals surface area contributed by atoms with Crippen LogP contribution in [-0.4, -0.2) is 52.3 Å². The number of halogens is 1. The largest absolute Gasteiger partial charge is 0.346 e. The molecule has 1 aliphatic rings. The second-order valence-electron chi connectivity index (χ2n) is 5.38. The van der Waals surface area contributed by atoms with Gasteiger partial charge in [0, 0.05) is 45.5 Å². The number of hydrogen-bond donors (Lipinski definition) is 1. The maximum Gasteiger partial charge on any atom is 0.244 e. The van der Waals surface area contributed by atoms with Crippen molar-refractivity contribution in [1.82, 2.24) is 25.1 Å². The van der Waals surface area contributed by atoms with E-state index in [1.54, 1.807) is 12.4 Å². The number of nitrogens with zero attached hydrogens (tertiary/aromatic N) is 6. The summed E-state index contributed by atoms with van der Waals surface area (Å²) >= 11 is 3.36. The van der Waals surface area contributed by atoms with E-state index in [0.717, 1.165) is 48.1 Å². The average Bonchev–Trinajstić information content (AvgIpc) is 2.98. The molecule has 112 valence electrons. The van der Waals surface area contributed by atoms with Crippen LogP contribution in [0.3, 0.4) is 0 Å². The molecule has 1 fully saturated rings. The predicted molar refractivity (Wildman–Crippen MR) is 84.6 cm³/mol. The van der Waals surface area contributed by atoms with Crippen LogP contribution in [0.15, 0.2) is 16.9 Å². The van der Waals surface area contributed by atoms with Gasteiger partial charge < -0.3 is 9.80 Å². The highest BCUT2D eigenvalue weighted by atomic mass is 79.9. The monoisotopic (exact) mass is 351 g/mol. The number of hydrogen-bond acceptors (Lipinski definition) is 6. The van der Waals surface area contributed by atoms with Crippen LogP contribution in [0.4, 0.5) is 11.9 Å². The molecule has 0 amide bonds. The molecular formula is C13H18BrN7. The molecule has 0 saturated carbocycles. The topological polar surface area (TPSA) is 73.8 Å². The molecule has 0 bridgehead atoms. The normalized spacial score (nSPS) is 16.2. The van der Waals surface area contributed by atoms with Gasteiger partial charge in [0.2, 0.25) is 11.9 Å². The van der Waals surface area contributed by atoms with E-state index in [0.29, 0.717) is 5.92 Å². The van der Waals surface area contributed by atoms with Crippen LogP contribution in [0.25, 0.3) is 0 Å². The van der Waals surface area contributed by atoms with Gasteiger partial charge >= 0.3 is 0 Å². The third-order valence-corrected chi connectivity index (χ3v) is 4.07. The van der Waals surface area contributed by atoms with Crippen molar-refractivity contribution in [3.05, 3.63) is 22.7 Å². The van der Waals surface area contributed by atoms with Gasteiger partial charge in [-0.2, -0.15) is 4.98 Å².